The lowest BCUT2D eigenvalue weighted by Gasteiger charge is -2.43. The minimum absolute atomic E-state index is 0.0139. The molecule has 1 aromatic rings. The first-order valence-electron chi connectivity index (χ1n) is 11.2. The molecular weight excluding hydrogens is 410 g/mol. The largest absolute Gasteiger partial charge is 0.339 e. The van der Waals surface area contributed by atoms with E-state index in [1.807, 2.05) is 25.7 Å². The predicted molar refractivity (Wildman–Crippen MR) is 121 cm³/mol. The molecule has 2 unspecified atom stereocenters. The third-order valence-electron chi connectivity index (χ3n) is 8.42. The molecule has 172 valence electrons. The van der Waals surface area contributed by atoms with Gasteiger partial charge in [0, 0.05) is 43.7 Å². The minimum Gasteiger partial charge on any atom is -0.339 e. The first-order chi connectivity index (χ1) is 15.1. The van der Waals surface area contributed by atoms with Crippen LogP contribution in [0.15, 0.2) is 29.4 Å². The molecule has 1 N–H and O–H groups in total. The Morgan fingerprint density at radius 2 is 1.75 bits per heavy atom. The third-order valence-corrected chi connectivity index (χ3v) is 8.42. The predicted octanol–water partition coefficient (Wildman–Crippen LogP) is 2.92. The van der Waals surface area contributed by atoms with E-state index in [2.05, 4.69) is 22.4 Å². The van der Waals surface area contributed by atoms with Gasteiger partial charge in [-0.15, -0.1) is 0 Å². The van der Waals surface area contributed by atoms with Crippen molar-refractivity contribution in [2.24, 2.45) is 21.3 Å². The number of anilines is 1. The number of rotatable bonds is 5. The van der Waals surface area contributed by atoms with Gasteiger partial charge in [-0.3, -0.25) is 25.1 Å². The summed E-state index contributed by atoms with van der Waals surface area (Å²) in [4.78, 5) is 42.1. The second kappa shape index (κ2) is 7.65. The average Bonchev–Trinajstić information content (AvgIpc) is 3.06. The zero-order valence-electron chi connectivity index (χ0n) is 19.2. The summed E-state index contributed by atoms with van der Waals surface area (Å²) in [7, 11) is 0. The molecule has 32 heavy (non-hydrogen) atoms. The van der Waals surface area contributed by atoms with Crippen LogP contribution < -0.4 is 5.43 Å². The quantitative estimate of drug-likeness (QED) is 0.428. The standard InChI is InChI=1S/C23H31N5O4/c1-5-26-12-14-27(15-13-26)20(30)23-11-10-22(4,21(23,2)3)18(19(23)29)25-24-16-6-8-17(9-7-16)28(31)32/h6-9,24H,5,10-15H2,1-4H3. The number of Topliss-reactive ketones (excluding diaryl/α,β-unsaturated/α-hetero) is 1. The second-order valence-electron chi connectivity index (χ2n) is 9.79. The van der Waals surface area contributed by atoms with Gasteiger partial charge in [0.1, 0.15) is 11.1 Å². The number of hydrogen-bond acceptors (Lipinski definition) is 7. The maximum Gasteiger partial charge on any atom is 0.269 e. The number of nitrogens with one attached hydrogen (secondary N) is 1. The summed E-state index contributed by atoms with van der Waals surface area (Å²) >= 11 is 0. The zero-order valence-corrected chi connectivity index (χ0v) is 19.2. The molecule has 3 fully saturated rings. The normalized spacial score (nSPS) is 30.7. The molecule has 0 radical (unpaired) electrons. The van der Waals surface area contributed by atoms with Gasteiger partial charge in [0.25, 0.3) is 5.69 Å². The number of piperazine rings is 1. The Balaban J connectivity index is 1.62. The number of carbonyl (C=O) groups excluding carboxylic acids is 2. The molecule has 1 aromatic carbocycles. The molecule has 2 atom stereocenters. The van der Waals surface area contributed by atoms with Crippen molar-refractivity contribution in [2.75, 3.05) is 38.1 Å². The number of nitrogens with zero attached hydrogens (tertiary/aromatic N) is 4. The van der Waals surface area contributed by atoms with E-state index in [1.54, 1.807) is 12.1 Å². The Bertz CT molecular complexity index is 981. The second-order valence-corrected chi connectivity index (χ2v) is 9.79. The number of non-ortho nitro benzene ring substituents is 1. The van der Waals surface area contributed by atoms with Crippen LogP contribution in [0.4, 0.5) is 11.4 Å². The van der Waals surface area contributed by atoms with Gasteiger partial charge < -0.3 is 9.80 Å². The van der Waals surface area contributed by atoms with Crippen molar-refractivity contribution in [1.82, 2.24) is 9.80 Å². The van der Waals surface area contributed by atoms with Crippen molar-refractivity contribution in [3.8, 4) is 0 Å². The first-order valence-corrected chi connectivity index (χ1v) is 11.2. The van der Waals surface area contributed by atoms with Crippen LogP contribution in [0.25, 0.3) is 0 Å². The topological polar surface area (TPSA) is 108 Å². The van der Waals surface area contributed by atoms with Crippen LogP contribution in [0.5, 0.6) is 0 Å². The van der Waals surface area contributed by atoms with Crippen LogP contribution in [0.3, 0.4) is 0 Å². The minimum atomic E-state index is -1.09. The van der Waals surface area contributed by atoms with Crippen LogP contribution >= 0.6 is 0 Å². The van der Waals surface area contributed by atoms with Crippen molar-refractivity contribution in [3.05, 3.63) is 34.4 Å². The van der Waals surface area contributed by atoms with Crippen molar-refractivity contribution in [2.45, 2.75) is 40.5 Å². The van der Waals surface area contributed by atoms with Crippen LogP contribution in [-0.2, 0) is 9.59 Å². The van der Waals surface area contributed by atoms with Crippen molar-refractivity contribution >= 4 is 28.8 Å². The highest BCUT2D eigenvalue weighted by Crippen LogP contribution is 2.69. The molecule has 0 spiro atoms. The van der Waals surface area contributed by atoms with Gasteiger partial charge >= 0.3 is 0 Å². The molecule has 0 aromatic heterocycles. The highest BCUT2D eigenvalue weighted by atomic mass is 16.6. The number of hydrazone groups is 1. The lowest BCUT2D eigenvalue weighted by atomic mass is 9.64. The number of ketones is 1. The van der Waals surface area contributed by atoms with Crippen LogP contribution in [0.1, 0.15) is 40.5 Å². The molecule has 9 heteroatoms. The van der Waals surface area contributed by atoms with Crippen molar-refractivity contribution in [1.29, 1.82) is 0 Å². The van der Waals surface area contributed by atoms with E-state index >= 15 is 0 Å². The fourth-order valence-corrected chi connectivity index (χ4v) is 5.76. The number of hydrogen-bond donors (Lipinski definition) is 1. The van der Waals surface area contributed by atoms with E-state index in [9.17, 15) is 19.7 Å². The monoisotopic (exact) mass is 441 g/mol. The number of likely N-dealkylation sites (N-methyl/N-ethyl adjacent to an activating group) is 1. The molecule has 2 saturated carbocycles. The molecule has 1 saturated heterocycles. The molecule has 1 amide bonds. The fourth-order valence-electron chi connectivity index (χ4n) is 5.76. The maximum atomic E-state index is 13.8. The molecule has 1 aliphatic heterocycles. The molecular formula is C23H31N5O4. The summed E-state index contributed by atoms with van der Waals surface area (Å²) in [5.74, 6) is -0.249. The third kappa shape index (κ3) is 2.97. The van der Waals surface area contributed by atoms with Gasteiger partial charge in [-0.05, 0) is 36.9 Å². The van der Waals surface area contributed by atoms with Crippen LogP contribution in [0.2, 0.25) is 0 Å². The molecule has 4 rings (SSSR count). The van der Waals surface area contributed by atoms with Gasteiger partial charge in [-0.2, -0.15) is 5.10 Å². The molecule has 3 aliphatic rings. The number of benzene rings is 1. The Labute approximate surface area is 188 Å². The summed E-state index contributed by atoms with van der Waals surface area (Å²) in [5, 5.41) is 15.3. The number of amides is 1. The summed E-state index contributed by atoms with van der Waals surface area (Å²) in [5.41, 5.74) is 1.64. The van der Waals surface area contributed by atoms with Crippen molar-refractivity contribution in [3.63, 3.8) is 0 Å². The number of fused-ring (bicyclic) bond motifs is 2. The highest BCUT2D eigenvalue weighted by Gasteiger charge is 2.77. The SMILES string of the molecule is CCN1CCN(C(=O)C23CCC(C)(C(=NNc4ccc([N+](=O)[O-])cc4)C2=O)C3(C)C)CC1. The molecule has 9 nitrogen and oxygen atoms in total. The average molecular weight is 442 g/mol. The number of carbonyl (C=O) groups is 2. The van der Waals surface area contributed by atoms with Crippen LogP contribution in [-0.4, -0.2) is 64.8 Å². The van der Waals surface area contributed by atoms with E-state index in [1.165, 1.54) is 12.1 Å². The smallest absolute Gasteiger partial charge is 0.269 e. The molecule has 2 bridgehead atoms. The number of nitro benzene ring substituents is 1. The van der Waals surface area contributed by atoms with E-state index < -0.39 is 21.2 Å². The Morgan fingerprint density at radius 1 is 1.12 bits per heavy atom. The van der Waals surface area contributed by atoms with Gasteiger partial charge in [-0.25, -0.2) is 0 Å². The van der Waals surface area contributed by atoms with E-state index in [-0.39, 0.29) is 17.4 Å². The van der Waals surface area contributed by atoms with Crippen LogP contribution in [0, 0.1) is 26.4 Å². The molecule has 1 heterocycles. The Hall–Kier alpha value is -2.81. The summed E-state index contributed by atoms with van der Waals surface area (Å²) in [6, 6.07) is 5.89. The van der Waals surface area contributed by atoms with Gasteiger partial charge in [0.2, 0.25) is 5.91 Å². The van der Waals surface area contributed by atoms with E-state index in [4.69, 9.17) is 0 Å². The van der Waals surface area contributed by atoms with Gasteiger partial charge in [0.15, 0.2) is 5.78 Å². The lowest BCUT2D eigenvalue weighted by molar-refractivity contribution is -0.384. The fraction of sp³-hybridized carbons (Fsp3) is 0.609. The Kier molecular flexibility index (Phi) is 5.35. The highest BCUT2D eigenvalue weighted by molar-refractivity contribution is 6.50. The first kappa shape index (κ1) is 22.4. The molecule has 2 aliphatic carbocycles. The lowest BCUT2D eigenvalue weighted by Crippen LogP contribution is -2.57. The van der Waals surface area contributed by atoms with E-state index in [0.29, 0.717) is 37.3 Å². The Morgan fingerprint density at radius 3 is 2.31 bits per heavy atom. The summed E-state index contributed by atoms with van der Waals surface area (Å²) < 4.78 is 0. The summed E-state index contributed by atoms with van der Waals surface area (Å²) in [6.45, 7) is 12.1. The summed E-state index contributed by atoms with van der Waals surface area (Å²) in [6.07, 6.45) is 1.26. The maximum absolute atomic E-state index is 13.8. The zero-order chi connectivity index (χ0) is 23.3. The van der Waals surface area contributed by atoms with Crippen molar-refractivity contribution < 1.29 is 14.5 Å². The van der Waals surface area contributed by atoms with Gasteiger partial charge in [0.05, 0.1) is 10.6 Å². The van der Waals surface area contributed by atoms with E-state index in [0.717, 1.165) is 19.6 Å². The van der Waals surface area contributed by atoms with Gasteiger partial charge in [-0.1, -0.05) is 27.7 Å². The number of nitro groups is 1.